The Balaban J connectivity index is 1.04. The molecule has 2 aliphatic rings. The minimum Gasteiger partial charge on any atom is -0.435 e. The first kappa shape index (κ1) is 35.9. The molecule has 15 heteroatoms. The van der Waals surface area contributed by atoms with Gasteiger partial charge in [-0.3, -0.25) is 0 Å². The van der Waals surface area contributed by atoms with E-state index in [1.807, 2.05) is 31.3 Å². The van der Waals surface area contributed by atoms with Crippen LogP contribution in [0.3, 0.4) is 0 Å². The van der Waals surface area contributed by atoms with Crippen LogP contribution in [-0.4, -0.2) is 87.4 Å². The molecular formula is C34H48N10O5. The van der Waals surface area contributed by atoms with Crippen molar-refractivity contribution in [2.75, 3.05) is 43.6 Å². The number of rotatable bonds is 15. The van der Waals surface area contributed by atoms with Gasteiger partial charge in [0.05, 0.1) is 30.4 Å². The number of anilines is 2. The van der Waals surface area contributed by atoms with E-state index in [2.05, 4.69) is 55.4 Å². The lowest BCUT2D eigenvalue weighted by Gasteiger charge is -2.32. The minimum absolute atomic E-state index is 0.150. The van der Waals surface area contributed by atoms with E-state index in [-0.39, 0.29) is 19.3 Å². The predicted molar refractivity (Wildman–Crippen MR) is 181 cm³/mol. The number of nitrogens with one attached hydrogen (secondary N) is 3. The maximum absolute atomic E-state index is 11.5. The van der Waals surface area contributed by atoms with Crippen molar-refractivity contribution in [1.29, 1.82) is 5.26 Å². The quantitative estimate of drug-likeness (QED) is 0.187. The highest BCUT2D eigenvalue weighted by Gasteiger charge is 2.32. The number of nitrogens with zero attached hydrogens (tertiary/aromatic N) is 7. The molecule has 49 heavy (non-hydrogen) atoms. The molecule has 1 aliphatic heterocycles. The lowest BCUT2D eigenvalue weighted by Crippen LogP contribution is -2.43. The molecule has 0 spiro atoms. The Hall–Kier alpha value is -4.39. The fourth-order valence-corrected chi connectivity index (χ4v) is 6.11. The lowest BCUT2D eigenvalue weighted by molar-refractivity contribution is -0.00552. The van der Waals surface area contributed by atoms with Crippen LogP contribution in [0.1, 0.15) is 76.9 Å². The number of hydrogen-bond acceptors (Lipinski definition) is 14. The molecule has 2 atom stereocenters. The van der Waals surface area contributed by atoms with Gasteiger partial charge in [-0.15, -0.1) is 15.0 Å². The lowest BCUT2D eigenvalue weighted by atomic mass is 9.82. The molecule has 1 saturated carbocycles. The van der Waals surface area contributed by atoms with Crippen molar-refractivity contribution in [3.05, 3.63) is 41.9 Å². The van der Waals surface area contributed by atoms with Crippen LogP contribution in [0.5, 0.6) is 0 Å². The Morgan fingerprint density at radius 1 is 1.16 bits per heavy atom. The third kappa shape index (κ3) is 10.3. The summed E-state index contributed by atoms with van der Waals surface area (Å²) in [7, 11) is 0. The molecule has 0 amide bonds. The maximum Gasteiger partial charge on any atom is 0.510 e. The Bertz CT molecular complexity index is 1550. The summed E-state index contributed by atoms with van der Waals surface area (Å²) in [6, 6.07) is 11.4. The number of aryl methyl sites for hydroxylation is 1. The zero-order valence-corrected chi connectivity index (χ0v) is 28.9. The normalized spacial score (nSPS) is 20.1. The van der Waals surface area contributed by atoms with Gasteiger partial charge in [-0.05, 0) is 95.2 Å². The van der Waals surface area contributed by atoms with Gasteiger partial charge in [-0.25, -0.2) is 14.8 Å². The summed E-state index contributed by atoms with van der Waals surface area (Å²) < 4.78 is 21.2. The number of nitriles is 1. The maximum atomic E-state index is 11.5. The molecule has 1 aliphatic carbocycles. The van der Waals surface area contributed by atoms with Crippen molar-refractivity contribution in [3.8, 4) is 17.3 Å². The van der Waals surface area contributed by atoms with E-state index in [0.717, 1.165) is 67.0 Å². The van der Waals surface area contributed by atoms with E-state index >= 15 is 0 Å². The fraction of sp³-hybridized carbons (Fsp3) is 0.618. The fourth-order valence-electron chi connectivity index (χ4n) is 6.11. The highest BCUT2D eigenvalue weighted by Crippen LogP contribution is 2.31. The second-order valence-corrected chi connectivity index (χ2v) is 12.9. The van der Waals surface area contributed by atoms with Crippen molar-refractivity contribution in [1.82, 2.24) is 35.5 Å². The first-order valence-electron chi connectivity index (χ1n) is 17.1. The highest BCUT2D eigenvalue weighted by atomic mass is 16.7. The van der Waals surface area contributed by atoms with Crippen LogP contribution in [0.2, 0.25) is 0 Å². The van der Waals surface area contributed by atoms with E-state index in [4.69, 9.17) is 23.9 Å². The smallest absolute Gasteiger partial charge is 0.435 e. The average molecular weight is 677 g/mol. The number of pyridine rings is 2. The van der Waals surface area contributed by atoms with Gasteiger partial charge in [-0.1, -0.05) is 6.07 Å². The second kappa shape index (κ2) is 17.3. The van der Waals surface area contributed by atoms with Crippen LogP contribution in [0, 0.1) is 23.7 Å². The van der Waals surface area contributed by atoms with Crippen molar-refractivity contribution in [3.63, 3.8) is 0 Å². The topological polar surface area (TPSA) is 183 Å². The van der Waals surface area contributed by atoms with Crippen LogP contribution < -0.4 is 16.0 Å². The van der Waals surface area contributed by atoms with Gasteiger partial charge < -0.3 is 34.9 Å². The van der Waals surface area contributed by atoms with Crippen molar-refractivity contribution >= 4 is 17.8 Å². The van der Waals surface area contributed by atoms with Crippen LogP contribution in [-0.2, 0) is 25.6 Å². The van der Waals surface area contributed by atoms with Crippen molar-refractivity contribution < 1.29 is 23.7 Å². The molecule has 1 saturated heterocycles. The molecular weight excluding hydrogens is 628 g/mol. The molecule has 2 fully saturated rings. The number of ether oxygens (including phenoxy) is 4. The molecule has 15 nitrogen and oxygen atoms in total. The Labute approximate surface area is 287 Å². The first-order valence-corrected chi connectivity index (χ1v) is 17.1. The van der Waals surface area contributed by atoms with Gasteiger partial charge >= 0.3 is 6.16 Å². The second-order valence-electron chi connectivity index (χ2n) is 12.9. The molecule has 4 heterocycles. The SMILES string of the molecule is CCOC(=O)O[C@H](C)n1nnc(COC[C@@H](C)NC2CCC(Nc3cc(-c4cccc(NCC5(C#N)CCOCC5)n4)c(C)cn3)CC2)n1. The first-order chi connectivity index (χ1) is 23.8. The van der Waals surface area contributed by atoms with Crippen LogP contribution >= 0.6 is 0 Å². The largest absolute Gasteiger partial charge is 0.510 e. The predicted octanol–water partition coefficient (Wildman–Crippen LogP) is 4.78. The summed E-state index contributed by atoms with van der Waals surface area (Å²) in [5.41, 5.74) is 2.53. The van der Waals surface area contributed by atoms with E-state index in [0.29, 0.717) is 44.3 Å². The third-order valence-corrected chi connectivity index (χ3v) is 8.95. The molecule has 3 aromatic rings. The number of carbonyl (C=O) groups excluding carboxylic acids is 1. The van der Waals surface area contributed by atoms with Crippen LogP contribution in [0.4, 0.5) is 16.4 Å². The Morgan fingerprint density at radius 3 is 2.69 bits per heavy atom. The molecule has 0 bridgehead atoms. The molecule has 0 unspecified atom stereocenters. The van der Waals surface area contributed by atoms with E-state index in [9.17, 15) is 10.1 Å². The van der Waals surface area contributed by atoms with Gasteiger partial charge in [0, 0.05) is 49.6 Å². The Morgan fingerprint density at radius 2 is 1.94 bits per heavy atom. The summed E-state index contributed by atoms with van der Waals surface area (Å²) >= 11 is 0. The molecule has 5 rings (SSSR count). The number of tetrazole rings is 1. The zero-order chi connectivity index (χ0) is 34.6. The number of aromatic nitrogens is 6. The monoisotopic (exact) mass is 676 g/mol. The van der Waals surface area contributed by atoms with Gasteiger partial charge in [0.15, 0.2) is 0 Å². The molecule has 0 radical (unpaired) electrons. The van der Waals surface area contributed by atoms with Crippen LogP contribution in [0.15, 0.2) is 30.5 Å². The highest BCUT2D eigenvalue weighted by molar-refractivity contribution is 5.68. The summed E-state index contributed by atoms with van der Waals surface area (Å²) in [5.74, 6) is 2.01. The van der Waals surface area contributed by atoms with Crippen molar-refractivity contribution in [2.24, 2.45) is 5.41 Å². The number of hydrogen-bond donors (Lipinski definition) is 3. The molecule has 3 N–H and O–H groups in total. The van der Waals surface area contributed by atoms with Gasteiger partial charge in [-0.2, -0.15) is 5.26 Å². The van der Waals surface area contributed by atoms with Gasteiger partial charge in [0.2, 0.25) is 12.1 Å². The van der Waals surface area contributed by atoms with Crippen molar-refractivity contribution in [2.45, 2.75) is 97.2 Å². The summed E-state index contributed by atoms with van der Waals surface area (Å²) in [6.07, 6.45) is 5.97. The molecule has 3 aromatic heterocycles. The Kier molecular flexibility index (Phi) is 12.7. The van der Waals surface area contributed by atoms with E-state index < -0.39 is 17.8 Å². The summed E-state index contributed by atoms with van der Waals surface area (Å²) in [4.78, 5) is 22.3. The van der Waals surface area contributed by atoms with E-state index in [1.165, 1.54) is 4.80 Å². The summed E-state index contributed by atoms with van der Waals surface area (Å²) in [6.45, 7) is 10.2. The standard InChI is InChI=1S/C34H48N10O5/c1-5-48-33(45)49-25(4)44-42-32(41-43-44)20-47-19-24(3)38-26-9-11-27(12-10-26)39-31-17-28(23(2)18-36-31)29-7-6-8-30(40-29)37-22-34(21-35)13-15-46-16-14-34/h6-8,17-18,24-27,38H,5,9-16,19-20,22H2,1-4H3,(H,36,39)(H,37,40)/t24-,25-,26?,27?/m1/s1. The molecule has 264 valence electrons. The zero-order valence-electron chi connectivity index (χ0n) is 28.9. The number of carbonyl (C=O) groups is 1. The van der Waals surface area contributed by atoms with E-state index in [1.54, 1.807) is 13.8 Å². The molecule has 0 aromatic carbocycles. The van der Waals surface area contributed by atoms with Gasteiger partial charge in [0.25, 0.3) is 0 Å². The minimum atomic E-state index is -0.780. The van der Waals surface area contributed by atoms with Gasteiger partial charge in [0.1, 0.15) is 18.2 Å². The third-order valence-electron chi connectivity index (χ3n) is 8.95. The average Bonchev–Trinajstić information content (AvgIpc) is 3.59. The van der Waals surface area contributed by atoms with Crippen LogP contribution in [0.25, 0.3) is 11.3 Å². The summed E-state index contributed by atoms with van der Waals surface area (Å²) in [5, 5.41) is 32.7.